The maximum absolute atomic E-state index is 10.2. The molecule has 1 aromatic heterocycles. The van der Waals surface area contributed by atoms with Crippen LogP contribution in [0.1, 0.15) is 18.4 Å². The largest absolute Gasteiger partial charge is 0.508 e. The summed E-state index contributed by atoms with van der Waals surface area (Å²) in [4.78, 5) is 6.33. The van der Waals surface area contributed by atoms with Crippen LogP contribution in [-0.2, 0) is 6.54 Å². The summed E-state index contributed by atoms with van der Waals surface area (Å²) in [6.07, 6.45) is 3.07. The van der Waals surface area contributed by atoms with Gasteiger partial charge in [0.15, 0.2) is 0 Å². The highest BCUT2D eigenvalue weighted by Gasteiger charge is 2.22. The van der Waals surface area contributed by atoms with Crippen molar-refractivity contribution in [1.29, 1.82) is 0 Å². The SMILES string of the molecule is Oc1ccc(Nc2ccnc3cc(Cl)ccc23)cc1CN1CCCC1O. The fourth-order valence-corrected chi connectivity index (χ4v) is 3.55. The number of nitrogens with zero attached hydrogens (tertiary/aromatic N) is 2. The van der Waals surface area contributed by atoms with Crippen molar-refractivity contribution in [1.82, 2.24) is 9.88 Å². The summed E-state index contributed by atoms with van der Waals surface area (Å²) in [6, 6.07) is 13.0. The lowest BCUT2D eigenvalue weighted by atomic mass is 10.1. The normalized spacial score (nSPS) is 17.7. The number of phenols is 1. The molecule has 1 fully saturated rings. The van der Waals surface area contributed by atoms with E-state index >= 15 is 0 Å². The molecule has 2 heterocycles. The summed E-state index contributed by atoms with van der Waals surface area (Å²) in [5.41, 5.74) is 3.40. The Morgan fingerprint density at radius 2 is 2.08 bits per heavy atom. The van der Waals surface area contributed by atoms with Crippen LogP contribution in [0.2, 0.25) is 5.02 Å². The second-order valence-corrected chi connectivity index (χ2v) is 7.02. The Balaban J connectivity index is 1.62. The molecule has 0 aliphatic carbocycles. The van der Waals surface area contributed by atoms with E-state index in [1.807, 2.05) is 41.3 Å². The topological polar surface area (TPSA) is 68.6 Å². The van der Waals surface area contributed by atoms with Gasteiger partial charge in [0.1, 0.15) is 12.0 Å². The second-order valence-electron chi connectivity index (χ2n) is 6.58. The van der Waals surface area contributed by atoms with Gasteiger partial charge in [0.25, 0.3) is 0 Å². The molecule has 1 aliphatic heterocycles. The Bertz CT molecular complexity index is 947. The average molecular weight is 370 g/mol. The van der Waals surface area contributed by atoms with Crippen molar-refractivity contribution >= 4 is 33.9 Å². The first-order valence-electron chi connectivity index (χ1n) is 8.65. The van der Waals surface area contributed by atoms with Crippen molar-refractivity contribution in [2.75, 3.05) is 11.9 Å². The monoisotopic (exact) mass is 369 g/mol. The number of anilines is 2. The van der Waals surface area contributed by atoms with Gasteiger partial charge < -0.3 is 15.5 Å². The van der Waals surface area contributed by atoms with Crippen LogP contribution in [-0.4, -0.2) is 32.9 Å². The quantitative estimate of drug-likeness (QED) is 0.600. The molecule has 0 amide bonds. The summed E-state index contributed by atoms with van der Waals surface area (Å²) in [7, 11) is 0. The zero-order chi connectivity index (χ0) is 18.1. The van der Waals surface area contributed by atoms with Gasteiger partial charge in [0, 0.05) is 46.6 Å². The average Bonchev–Trinajstić information content (AvgIpc) is 3.02. The molecule has 0 spiro atoms. The lowest BCUT2D eigenvalue weighted by molar-refractivity contribution is 0.0324. The molecular formula is C20H20ClN3O2. The number of halogens is 1. The number of rotatable bonds is 4. The second kappa shape index (κ2) is 7.11. The van der Waals surface area contributed by atoms with Crippen molar-refractivity contribution in [3.63, 3.8) is 0 Å². The molecule has 0 saturated carbocycles. The fraction of sp³-hybridized carbons (Fsp3) is 0.250. The highest BCUT2D eigenvalue weighted by molar-refractivity contribution is 6.31. The van der Waals surface area contributed by atoms with E-state index in [2.05, 4.69) is 10.3 Å². The number of phenolic OH excluding ortho intramolecular Hbond substituents is 1. The number of aromatic hydroxyl groups is 1. The number of aliphatic hydroxyl groups is 1. The first kappa shape index (κ1) is 17.1. The predicted octanol–water partition coefficient (Wildman–Crippen LogP) is 4.25. The lowest BCUT2D eigenvalue weighted by Crippen LogP contribution is -2.28. The van der Waals surface area contributed by atoms with Crippen LogP contribution in [0.25, 0.3) is 10.9 Å². The van der Waals surface area contributed by atoms with Crippen molar-refractivity contribution < 1.29 is 10.2 Å². The van der Waals surface area contributed by atoms with Gasteiger partial charge in [0.2, 0.25) is 0 Å². The number of aliphatic hydroxyl groups excluding tert-OH is 1. The molecule has 0 radical (unpaired) electrons. The zero-order valence-electron chi connectivity index (χ0n) is 14.2. The lowest BCUT2D eigenvalue weighted by Gasteiger charge is -2.21. The van der Waals surface area contributed by atoms with Crippen LogP contribution < -0.4 is 5.32 Å². The van der Waals surface area contributed by atoms with Gasteiger partial charge in [-0.05, 0) is 55.3 Å². The van der Waals surface area contributed by atoms with Gasteiger partial charge in [-0.25, -0.2) is 0 Å². The number of hydrogen-bond donors (Lipinski definition) is 3. The molecule has 0 bridgehead atoms. The molecular weight excluding hydrogens is 350 g/mol. The van der Waals surface area contributed by atoms with Crippen molar-refractivity contribution in [2.45, 2.75) is 25.6 Å². The maximum Gasteiger partial charge on any atom is 0.120 e. The smallest absolute Gasteiger partial charge is 0.120 e. The maximum atomic E-state index is 10.2. The van der Waals surface area contributed by atoms with Gasteiger partial charge in [-0.1, -0.05) is 11.6 Å². The van der Waals surface area contributed by atoms with Gasteiger partial charge in [-0.15, -0.1) is 0 Å². The number of pyridine rings is 1. The minimum absolute atomic E-state index is 0.237. The van der Waals surface area contributed by atoms with Gasteiger partial charge >= 0.3 is 0 Å². The highest BCUT2D eigenvalue weighted by atomic mass is 35.5. The third-order valence-corrected chi connectivity index (χ3v) is 5.00. The molecule has 6 heteroatoms. The standard InChI is InChI=1S/C20H20ClN3O2/c21-14-3-5-16-17(7-8-22-18(16)11-14)23-15-4-6-19(25)13(10-15)12-24-9-1-2-20(24)26/h3-8,10-11,20,25-26H,1-2,9,12H2,(H,22,23). The van der Waals surface area contributed by atoms with Crippen LogP contribution in [0, 0.1) is 0 Å². The Morgan fingerprint density at radius 1 is 1.19 bits per heavy atom. The Kier molecular flexibility index (Phi) is 4.68. The molecule has 3 aromatic rings. The molecule has 1 aliphatic rings. The van der Waals surface area contributed by atoms with E-state index in [0.29, 0.717) is 11.6 Å². The van der Waals surface area contributed by atoms with E-state index < -0.39 is 6.23 Å². The summed E-state index contributed by atoms with van der Waals surface area (Å²) in [5.74, 6) is 0.237. The summed E-state index contributed by atoms with van der Waals surface area (Å²) < 4.78 is 0. The molecule has 4 rings (SSSR count). The Hall–Kier alpha value is -2.34. The number of aromatic nitrogens is 1. The van der Waals surface area contributed by atoms with Crippen molar-refractivity contribution in [2.24, 2.45) is 0 Å². The van der Waals surface area contributed by atoms with Gasteiger partial charge in [0.05, 0.1) is 5.52 Å². The van der Waals surface area contributed by atoms with E-state index in [4.69, 9.17) is 11.6 Å². The first-order chi connectivity index (χ1) is 12.6. The predicted molar refractivity (Wildman–Crippen MR) is 104 cm³/mol. The molecule has 1 saturated heterocycles. The van der Waals surface area contributed by atoms with Gasteiger partial charge in [-0.3, -0.25) is 9.88 Å². The molecule has 1 unspecified atom stereocenters. The summed E-state index contributed by atoms with van der Waals surface area (Å²) in [5, 5.41) is 25.2. The zero-order valence-corrected chi connectivity index (χ0v) is 14.9. The number of nitrogens with one attached hydrogen (secondary N) is 1. The highest BCUT2D eigenvalue weighted by Crippen LogP contribution is 2.30. The molecule has 3 N–H and O–H groups in total. The fourth-order valence-electron chi connectivity index (χ4n) is 3.39. The molecule has 1 atom stereocenters. The third kappa shape index (κ3) is 3.46. The van der Waals surface area contributed by atoms with Crippen LogP contribution in [0.15, 0.2) is 48.7 Å². The number of fused-ring (bicyclic) bond motifs is 1. The van der Waals surface area contributed by atoms with E-state index in [-0.39, 0.29) is 5.75 Å². The van der Waals surface area contributed by atoms with Crippen LogP contribution >= 0.6 is 11.6 Å². The number of likely N-dealkylation sites (tertiary alicyclic amines) is 1. The van der Waals surface area contributed by atoms with E-state index in [9.17, 15) is 10.2 Å². The van der Waals surface area contributed by atoms with Crippen molar-refractivity contribution in [3.05, 3.63) is 59.2 Å². The summed E-state index contributed by atoms with van der Waals surface area (Å²) >= 11 is 6.05. The van der Waals surface area contributed by atoms with Crippen LogP contribution in [0.5, 0.6) is 5.75 Å². The minimum Gasteiger partial charge on any atom is -0.508 e. The molecule has 2 aromatic carbocycles. The molecule has 5 nitrogen and oxygen atoms in total. The van der Waals surface area contributed by atoms with Gasteiger partial charge in [-0.2, -0.15) is 0 Å². The molecule has 26 heavy (non-hydrogen) atoms. The Labute approximate surface area is 156 Å². The van der Waals surface area contributed by atoms with Crippen molar-refractivity contribution in [3.8, 4) is 5.75 Å². The van der Waals surface area contributed by atoms with E-state index in [1.54, 1.807) is 12.3 Å². The molecule has 134 valence electrons. The third-order valence-electron chi connectivity index (χ3n) is 4.77. The minimum atomic E-state index is -0.431. The number of hydrogen-bond acceptors (Lipinski definition) is 5. The van der Waals surface area contributed by atoms with Crippen LogP contribution in [0.4, 0.5) is 11.4 Å². The number of benzene rings is 2. The van der Waals surface area contributed by atoms with Crippen LogP contribution in [0.3, 0.4) is 0 Å². The Morgan fingerprint density at radius 3 is 2.88 bits per heavy atom. The summed E-state index contributed by atoms with van der Waals surface area (Å²) in [6.45, 7) is 1.36. The van der Waals surface area contributed by atoms with E-state index in [0.717, 1.165) is 47.2 Å². The first-order valence-corrected chi connectivity index (χ1v) is 9.03. The van der Waals surface area contributed by atoms with E-state index in [1.165, 1.54) is 0 Å².